The number of alkyl halides is 1. The van der Waals surface area contributed by atoms with E-state index >= 15 is 0 Å². The number of rotatable bonds is 3. The van der Waals surface area contributed by atoms with E-state index < -0.39 is 0 Å². The molecule has 0 fully saturated rings. The second-order valence-corrected chi connectivity index (χ2v) is 5.26. The fraction of sp³-hybridized carbons (Fsp3) is 0.333. The van der Waals surface area contributed by atoms with Crippen LogP contribution in [0.1, 0.15) is 19.4 Å². The Labute approximate surface area is 109 Å². The van der Waals surface area contributed by atoms with Crippen LogP contribution in [0.4, 0.5) is 0 Å². The highest BCUT2D eigenvalue weighted by atomic mass is 79.9. The zero-order chi connectivity index (χ0) is 11.4. The predicted molar refractivity (Wildman–Crippen MR) is 72.7 cm³/mol. The molecule has 82 valence electrons. The minimum absolute atomic E-state index is 0.442. The molecule has 0 saturated carbocycles. The quantitative estimate of drug-likeness (QED) is 0.658. The fourth-order valence-electron chi connectivity index (χ4n) is 1.18. The number of hydrogen-bond donors (Lipinski definition) is 0. The molecule has 0 heterocycles. The Morgan fingerprint density at radius 1 is 1.47 bits per heavy atom. The lowest BCUT2D eigenvalue weighted by Crippen LogP contribution is -1.95. The van der Waals surface area contributed by atoms with Crippen LogP contribution in [0.5, 0.6) is 0 Å². The van der Waals surface area contributed by atoms with Crippen molar-refractivity contribution in [2.45, 2.75) is 13.8 Å². The molecule has 0 aliphatic rings. The molecule has 0 radical (unpaired) electrons. The minimum Gasteiger partial charge on any atom is -0.122 e. The maximum Gasteiger partial charge on any atom is 0.0479 e. The van der Waals surface area contributed by atoms with Crippen molar-refractivity contribution in [1.82, 2.24) is 0 Å². The van der Waals surface area contributed by atoms with E-state index in [0.717, 1.165) is 15.1 Å². The zero-order valence-electron chi connectivity index (χ0n) is 8.73. The SMILES string of the molecule is CC(C)/C(=C/c1cc(Br)ccc1Cl)CCl. The molecular formula is C12H13BrCl2. The van der Waals surface area contributed by atoms with Gasteiger partial charge in [-0.05, 0) is 29.7 Å². The molecule has 0 nitrogen and oxygen atoms in total. The van der Waals surface area contributed by atoms with Crippen molar-refractivity contribution in [3.05, 3.63) is 38.8 Å². The summed E-state index contributed by atoms with van der Waals surface area (Å²) in [6.45, 7) is 4.25. The van der Waals surface area contributed by atoms with Crippen LogP contribution < -0.4 is 0 Å². The Bertz CT molecular complexity index is 370. The van der Waals surface area contributed by atoms with Gasteiger partial charge < -0.3 is 0 Å². The second-order valence-electron chi connectivity index (χ2n) is 3.67. The highest BCUT2D eigenvalue weighted by Crippen LogP contribution is 2.25. The molecular weight excluding hydrogens is 295 g/mol. The Morgan fingerprint density at radius 3 is 2.67 bits per heavy atom. The third kappa shape index (κ3) is 3.82. The summed E-state index contributed by atoms with van der Waals surface area (Å²) in [4.78, 5) is 0. The van der Waals surface area contributed by atoms with Gasteiger partial charge in [0.1, 0.15) is 0 Å². The Balaban J connectivity index is 3.10. The molecule has 0 N–H and O–H groups in total. The van der Waals surface area contributed by atoms with Crippen molar-refractivity contribution in [1.29, 1.82) is 0 Å². The zero-order valence-corrected chi connectivity index (χ0v) is 11.8. The third-order valence-electron chi connectivity index (χ3n) is 2.19. The van der Waals surface area contributed by atoms with Crippen LogP contribution in [0, 0.1) is 5.92 Å². The van der Waals surface area contributed by atoms with E-state index in [2.05, 4.69) is 35.9 Å². The summed E-state index contributed by atoms with van der Waals surface area (Å²) in [6, 6.07) is 5.80. The van der Waals surface area contributed by atoms with E-state index in [9.17, 15) is 0 Å². The maximum atomic E-state index is 6.09. The summed E-state index contributed by atoms with van der Waals surface area (Å²) in [5.41, 5.74) is 2.20. The van der Waals surface area contributed by atoms with Crippen molar-refractivity contribution in [3.8, 4) is 0 Å². The van der Waals surface area contributed by atoms with Gasteiger partial charge in [0.2, 0.25) is 0 Å². The van der Waals surface area contributed by atoms with Gasteiger partial charge in [0, 0.05) is 15.4 Å². The Hall–Kier alpha value is 0.0200. The molecule has 0 atom stereocenters. The summed E-state index contributed by atoms with van der Waals surface area (Å²) in [6.07, 6.45) is 2.06. The first-order valence-corrected chi connectivity index (χ1v) is 6.46. The summed E-state index contributed by atoms with van der Waals surface area (Å²) in [7, 11) is 0. The number of allylic oxidation sites excluding steroid dienone is 1. The van der Waals surface area contributed by atoms with Crippen LogP contribution in [0.25, 0.3) is 6.08 Å². The van der Waals surface area contributed by atoms with Crippen LogP contribution in [0.15, 0.2) is 28.2 Å². The molecule has 0 aliphatic heterocycles. The molecule has 0 aliphatic carbocycles. The standard InChI is InChI=1S/C12H13BrCl2/c1-8(2)10(7-14)5-9-6-11(13)3-4-12(9)15/h3-6,8H,7H2,1-2H3/b10-5+. The summed E-state index contributed by atoms with van der Waals surface area (Å²) >= 11 is 15.4. The van der Waals surface area contributed by atoms with E-state index in [4.69, 9.17) is 23.2 Å². The fourth-order valence-corrected chi connectivity index (χ4v) is 2.12. The molecule has 0 amide bonds. The highest BCUT2D eigenvalue weighted by Gasteiger charge is 2.04. The van der Waals surface area contributed by atoms with Gasteiger partial charge in [-0.2, -0.15) is 0 Å². The van der Waals surface area contributed by atoms with Crippen LogP contribution in [0.3, 0.4) is 0 Å². The molecule has 1 aromatic rings. The van der Waals surface area contributed by atoms with Gasteiger partial charge >= 0.3 is 0 Å². The average Bonchev–Trinajstić information content (AvgIpc) is 2.18. The smallest absolute Gasteiger partial charge is 0.0479 e. The number of benzene rings is 1. The van der Waals surface area contributed by atoms with E-state index in [1.807, 2.05) is 18.2 Å². The number of halogens is 3. The van der Waals surface area contributed by atoms with Crippen molar-refractivity contribution in [2.75, 3.05) is 5.88 Å². The molecule has 0 saturated heterocycles. The van der Waals surface area contributed by atoms with Crippen LogP contribution >= 0.6 is 39.1 Å². The van der Waals surface area contributed by atoms with Crippen LogP contribution in [-0.4, -0.2) is 5.88 Å². The van der Waals surface area contributed by atoms with Gasteiger partial charge in [-0.15, -0.1) is 11.6 Å². The number of hydrogen-bond acceptors (Lipinski definition) is 0. The lowest BCUT2D eigenvalue weighted by atomic mass is 10.0. The van der Waals surface area contributed by atoms with Gasteiger partial charge in [-0.25, -0.2) is 0 Å². The summed E-state index contributed by atoms with van der Waals surface area (Å²) in [5, 5.41) is 0.751. The van der Waals surface area contributed by atoms with E-state index in [-0.39, 0.29) is 0 Å². The van der Waals surface area contributed by atoms with E-state index in [1.165, 1.54) is 5.57 Å². The molecule has 0 bridgehead atoms. The lowest BCUT2D eigenvalue weighted by Gasteiger charge is -2.08. The van der Waals surface area contributed by atoms with E-state index in [0.29, 0.717) is 11.8 Å². The summed E-state index contributed by atoms with van der Waals surface area (Å²) in [5.74, 6) is 0.984. The molecule has 0 unspecified atom stereocenters. The highest BCUT2D eigenvalue weighted by molar-refractivity contribution is 9.10. The van der Waals surface area contributed by atoms with E-state index in [1.54, 1.807) is 0 Å². The molecule has 1 aromatic carbocycles. The molecule has 1 rings (SSSR count). The normalized spacial score (nSPS) is 12.3. The van der Waals surface area contributed by atoms with Crippen molar-refractivity contribution in [3.63, 3.8) is 0 Å². The summed E-state index contributed by atoms with van der Waals surface area (Å²) < 4.78 is 1.02. The molecule has 0 spiro atoms. The van der Waals surface area contributed by atoms with Crippen LogP contribution in [-0.2, 0) is 0 Å². The lowest BCUT2D eigenvalue weighted by molar-refractivity contribution is 0.778. The largest absolute Gasteiger partial charge is 0.122 e. The molecule has 15 heavy (non-hydrogen) atoms. The average molecular weight is 308 g/mol. The molecule has 0 aromatic heterocycles. The predicted octanol–water partition coefficient (Wildman–Crippen LogP) is 5.38. The first-order chi connectivity index (χ1) is 7.04. The van der Waals surface area contributed by atoms with Gasteiger partial charge in [0.05, 0.1) is 0 Å². The van der Waals surface area contributed by atoms with Crippen LogP contribution in [0.2, 0.25) is 5.02 Å². The van der Waals surface area contributed by atoms with Gasteiger partial charge in [0.15, 0.2) is 0 Å². The van der Waals surface area contributed by atoms with Crippen molar-refractivity contribution >= 4 is 45.2 Å². The Kier molecular flexibility index (Phi) is 5.17. The van der Waals surface area contributed by atoms with Gasteiger partial charge in [-0.1, -0.05) is 53.0 Å². The van der Waals surface area contributed by atoms with Crippen molar-refractivity contribution in [2.24, 2.45) is 5.92 Å². The van der Waals surface area contributed by atoms with Gasteiger partial charge in [-0.3, -0.25) is 0 Å². The monoisotopic (exact) mass is 306 g/mol. The third-order valence-corrected chi connectivity index (χ3v) is 3.34. The first kappa shape index (κ1) is 13.1. The van der Waals surface area contributed by atoms with Gasteiger partial charge in [0.25, 0.3) is 0 Å². The Morgan fingerprint density at radius 2 is 2.13 bits per heavy atom. The molecule has 3 heteroatoms. The minimum atomic E-state index is 0.442. The maximum absolute atomic E-state index is 6.09. The first-order valence-electron chi connectivity index (χ1n) is 4.76. The topological polar surface area (TPSA) is 0 Å². The second kappa shape index (κ2) is 5.93. The van der Waals surface area contributed by atoms with Crippen molar-refractivity contribution < 1.29 is 0 Å².